The van der Waals surface area contributed by atoms with Gasteiger partial charge in [-0.1, -0.05) is 0 Å². The van der Waals surface area contributed by atoms with Gasteiger partial charge in [0.25, 0.3) is 0 Å². The van der Waals surface area contributed by atoms with E-state index in [2.05, 4.69) is 4.90 Å². The minimum Gasteiger partial charge on any atom is -0.508 e. The number of halogens is 1. The molecular formula is C14H20FNO2. The summed E-state index contributed by atoms with van der Waals surface area (Å²) in [5, 5.41) is 19.3. The highest BCUT2D eigenvalue weighted by atomic mass is 19.1. The molecule has 0 aliphatic carbocycles. The lowest BCUT2D eigenvalue weighted by atomic mass is 9.93. The number of phenolic OH excluding ortho intramolecular Hbond substituents is 1. The van der Waals surface area contributed by atoms with Gasteiger partial charge < -0.3 is 10.2 Å². The maximum atomic E-state index is 13.1. The van der Waals surface area contributed by atoms with Gasteiger partial charge in [-0.25, -0.2) is 4.39 Å². The van der Waals surface area contributed by atoms with Crippen molar-refractivity contribution >= 4 is 0 Å². The van der Waals surface area contributed by atoms with Crippen molar-refractivity contribution in [2.75, 3.05) is 13.1 Å². The third-order valence-corrected chi connectivity index (χ3v) is 3.66. The molecule has 4 heteroatoms. The van der Waals surface area contributed by atoms with Gasteiger partial charge in [-0.05, 0) is 50.4 Å². The molecule has 2 N–H and O–H groups in total. The number of phenols is 1. The van der Waals surface area contributed by atoms with E-state index in [0.29, 0.717) is 12.1 Å². The number of piperidine rings is 1. The summed E-state index contributed by atoms with van der Waals surface area (Å²) in [5.41, 5.74) is 0.612. The van der Waals surface area contributed by atoms with Crippen molar-refractivity contribution in [2.45, 2.75) is 32.4 Å². The number of nitrogens with zero attached hydrogens (tertiary/aromatic N) is 1. The summed E-state index contributed by atoms with van der Waals surface area (Å²) in [4.78, 5) is 2.16. The zero-order valence-corrected chi connectivity index (χ0v) is 10.6. The highest BCUT2D eigenvalue weighted by molar-refractivity contribution is 5.32. The summed E-state index contributed by atoms with van der Waals surface area (Å²) in [7, 11) is 0. The number of aliphatic hydroxyl groups is 1. The second-order valence-electron chi connectivity index (χ2n) is 5.15. The minimum absolute atomic E-state index is 0.135. The number of aromatic hydroxyl groups is 1. The fraction of sp³-hybridized carbons (Fsp3) is 0.571. The molecule has 0 aromatic heterocycles. The van der Waals surface area contributed by atoms with E-state index in [0.717, 1.165) is 25.9 Å². The van der Waals surface area contributed by atoms with Gasteiger partial charge in [0, 0.05) is 18.7 Å². The maximum absolute atomic E-state index is 13.1. The minimum atomic E-state index is -0.327. The fourth-order valence-electron chi connectivity index (χ4n) is 2.55. The standard InChI is InChI=1S/C14H20FNO2/c1-10(17)11-3-2-6-16(8-11)9-12-7-13(15)4-5-14(12)18/h4-5,7,10-11,17-18H,2-3,6,8-9H2,1H3/t10-,11-/m1/s1. The van der Waals surface area contributed by atoms with E-state index in [1.54, 1.807) is 0 Å². The van der Waals surface area contributed by atoms with E-state index in [4.69, 9.17) is 0 Å². The van der Waals surface area contributed by atoms with Crippen LogP contribution in [0.4, 0.5) is 4.39 Å². The van der Waals surface area contributed by atoms with Crippen LogP contribution >= 0.6 is 0 Å². The van der Waals surface area contributed by atoms with Crippen LogP contribution < -0.4 is 0 Å². The van der Waals surface area contributed by atoms with Crippen molar-refractivity contribution < 1.29 is 14.6 Å². The predicted octanol–water partition coefficient (Wildman–Crippen LogP) is 2.12. The third kappa shape index (κ3) is 3.21. The van der Waals surface area contributed by atoms with E-state index in [-0.39, 0.29) is 23.6 Å². The molecule has 1 aliphatic rings. The van der Waals surface area contributed by atoms with Crippen molar-refractivity contribution in [3.8, 4) is 5.75 Å². The van der Waals surface area contributed by atoms with Gasteiger partial charge in [-0.15, -0.1) is 0 Å². The van der Waals surface area contributed by atoms with Crippen molar-refractivity contribution in [3.05, 3.63) is 29.6 Å². The van der Waals surface area contributed by atoms with Crippen molar-refractivity contribution in [2.24, 2.45) is 5.92 Å². The zero-order chi connectivity index (χ0) is 13.1. The number of hydrogen-bond acceptors (Lipinski definition) is 3. The van der Waals surface area contributed by atoms with Gasteiger partial charge in [0.1, 0.15) is 11.6 Å². The lowest BCUT2D eigenvalue weighted by Gasteiger charge is -2.34. The van der Waals surface area contributed by atoms with Crippen LogP contribution in [0.1, 0.15) is 25.3 Å². The molecule has 1 fully saturated rings. The first-order chi connectivity index (χ1) is 8.56. The van der Waals surface area contributed by atoms with Crippen molar-refractivity contribution in [3.63, 3.8) is 0 Å². The number of rotatable bonds is 3. The van der Waals surface area contributed by atoms with Gasteiger partial charge >= 0.3 is 0 Å². The lowest BCUT2D eigenvalue weighted by Crippen LogP contribution is -2.39. The maximum Gasteiger partial charge on any atom is 0.123 e. The smallest absolute Gasteiger partial charge is 0.123 e. The fourth-order valence-corrected chi connectivity index (χ4v) is 2.55. The first-order valence-electron chi connectivity index (χ1n) is 6.44. The van der Waals surface area contributed by atoms with Crippen LogP contribution in [0.3, 0.4) is 0 Å². The normalized spacial score (nSPS) is 22.9. The Bertz CT molecular complexity index is 409. The number of benzene rings is 1. The zero-order valence-electron chi connectivity index (χ0n) is 10.6. The second kappa shape index (κ2) is 5.67. The summed E-state index contributed by atoms with van der Waals surface area (Å²) in [5.74, 6) is 0.0805. The van der Waals surface area contributed by atoms with Crippen LogP contribution in [0.5, 0.6) is 5.75 Å². The molecule has 2 rings (SSSR count). The molecule has 2 atom stereocenters. The highest BCUT2D eigenvalue weighted by Gasteiger charge is 2.23. The molecular weight excluding hydrogens is 233 g/mol. The number of hydrogen-bond donors (Lipinski definition) is 2. The third-order valence-electron chi connectivity index (χ3n) is 3.66. The predicted molar refractivity (Wildman–Crippen MR) is 67.7 cm³/mol. The molecule has 1 aliphatic heterocycles. The SMILES string of the molecule is C[C@@H](O)[C@@H]1CCCN(Cc2cc(F)ccc2O)C1. The average Bonchev–Trinajstić information content (AvgIpc) is 2.34. The van der Waals surface area contributed by atoms with E-state index in [1.165, 1.54) is 18.2 Å². The summed E-state index contributed by atoms with van der Waals surface area (Å²) >= 11 is 0. The summed E-state index contributed by atoms with van der Waals surface area (Å²) < 4.78 is 13.1. The molecule has 0 unspecified atom stereocenters. The molecule has 1 aromatic carbocycles. The number of likely N-dealkylation sites (tertiary alicyclic amines) is 1. The van der Waals surface area contributed by atoms with Crippen LogP contribution in [-0.2, 0) is 6.54 Å². The Morgan fingerprint density at radius 1 is 1.50 bits per heavy atom. The quantitative estimate of drug-likeness (QED) is 0.867. The largest absolute Gasteiger partial charge is 0.508 e. The van der Waals surface area contributed by atoms with Gasteiger partial charge in [0.15, 0.2) is 0 Å². The van der Waals surface area contributed by atoms with Crippen molar-refractivity contribution in [1.82, 2.24) is 4.90 Å². The van der Waals surface area contributed by atoms with Crippen LogP contribution in [0.25, 0.3) is 0 Å². The molecule has 0 bridgehead atoms. The van der Waals surface area contributed by atoms with Crippen LogP contribution in [0.2, 0.25) is 0 Å². The van der Waals surface area contributed by atoms with E-state index < -0.39 is 0 Å². The van der Waals surface area contributed by atoms with Gasteiger partial charge in [-0.2, -0.15) is 0 Å². The van der Waals surface area contributed by atoms with Crippen LogP contribution in [0.15, 0.2) is 18.2 Å². The number of aliphatic hydroxyl groups excluding tert-OH is 1. The molecule has 18 heavy (non-hydrogen) atoms. The topological polar surface area (TPSA) is 43.7 Å². The summed E-state index contributed by atoms with van der Waals surface area (Å²) in [6, 6.07) is 4.02. The Morgan fingerprint density at radius 3 is 3.00 bits per heavy atom. The van der Waals surface area contributed by atoms with Gasteiger partial charge in [-0.3, -0.25) is 4.90 Å². The van der Waals surface area contributed by atoms with Crippen LogP contribution in [-0.4, -0.2) is 34.3 Å². The molecule has 1 aromatic rings. The van der Waals surface area contributed by atoms with E-state index in [9.17, 15) is 14.6 Å². The first-order valence-corrected chi connectivity index (χ1v) is 6.44. The Balaban J connectivity index is 2.02. The highest BCUT2D eigenvalue weighted by Crippen LogP contribution is 2.24. The Kier molecular flexibility index (Phi) is 4.19. The van der Waals surface area contributed by atoms with Gasteiger partial charge in [0.2, 0.25) is 0 Å². The molecule has 0 radical (unpaired) electrons. The second-order valence-corrected chi connectivity index (χ2v) is 5.15. The molecule has 1 heterocycles. The molecule has 0 saturated carbocycles. The van der Waals surface area contributed by atoms with Crippen LogP contribution in [0, 0.1) is 11.7 Å². The average molecular weight is 253 g/mol. The molecule has 100 valence electrons. The lowest BCUT2D eigenvalue weighted by molar-refractivity contribution is 0.0596. The molecule has 0 spiro atoms. The van der Waals surface area contributed by atoms with E-state index >= 15 is 0 Å². The summed E-state index contributed by atoms with van der Waals surface area (Å²) in [6.45, 7) is 4.08. The monoisotopic (exact) mass is 253 g/mol. The molecule has 3 nitrogen and oxygen atoms in total. The van der Waals surface area contributed by atoms with E-state index in [1.807, 2.05) is 6.92 Å². The van der Waals surface area contributed by atoms with Crippen molar-refractivity contribution in [1.29, 1.82) is 0 Å². The Labute approximate surface area is 107 Å². The Hall–Kier alpha value is -1.13. The molecule has 1 saturated heterocycles. The molecule has 0 amide bonds. The summed E-state index contributed by atoms with van der Waals surface area (Å²) in [6.07, 6.45) is 1.75. The first kappa shape index (κ1) is 13.3. The van der Waals surface area contributed by atoms with Gasteiger partial charge in [0.05, 0.1) is 6.10 Å². The Morgan fingerprint density at radius 2 is 2.28 bits per heavy atom.